The highest BCUT2D eigenvalue weighted by Crippen LogP contribution is 2.30. The summed E-state index contributed by atoms with van der Waals surface area (Å²) in [5.41, 5.74) is -1.62. The van der Waals surface area contributed by atoms with Gasteiger partial charge in [-0.15, -0.1) is 0 Å². The second-order valence-corrected chi connectivity index (χ2v) is 6.68. The van der Waals surface area contributed by atoms with Gasteiger partial charge in [0.05, 0.1) is 5.56 Å². The van der Waals surface area contributed by atoms with Gasteiger partial charge in [0, 0.05) is 36.0 Å². The Morgan fingerprint density at radius 3 is 2.19 bits per heavy atom. The number of nitrogens with one attached hydrogen (secondary N) is 2. The van der Waals surface area contributed by atoms with Crippen molar-refractivity contribution in [1.82, 2.24) is 10.6 Å². The molecule has 0 radical (unpaired) electrons. The Morgan fingerprint density at radius 2 is 1.71 bits per heavy atom. The topological polar surface area (TPSA) is 58.2 Å². The zero-order valence-electron chi connectivity index (χ0n) is 16.8. The van der Waals surface area contributed by atoms with Crippen molar-refractivity contribution in [3.8, 4) is 0 Å². The van der Waals surface area contributed by atoms with Gasteiger partial charge in [0.25, 0.3) is 5.91 Å². The number of carbonyl (C=O) groups excluding carboxylic acids is 2. The number of alkyl halides is 3. The van der Waals surface area contributed by atoms with Gasteiger partial charge in [-0.2, -0.15) is 13.2 Å². The van der Waals surface area contributed by atoms with Gasteiger partial charge in [-0.3, -0.25) is 9.59 Å². The Bertz CT molecular complexity index is 852. The zero-order chi connectivity index (χ0) is 23.6. The van der Waals surface area contributed by atoms with Gasteiger partial charge in [-0.05, 0) is 42.5 Å². The third-order valence-corrected chi connectivity index (χ3v) is 4.16. The fourth-order valence-electron chi connectivity index (χ4n) is 2.46. The molecular formula is C21H22ClF5N2O2. The number of amides is 2. The number of carbonyl (C=O) groups is 2. The first kappa shape index (κ1) is 26.4. The molecule has 1 unspecified atom stereocenters. The molecule has 0 spiro atoms. The Balaban J connectivity index is 0.000000400. The van der Waals surface area contributed by atoms with Crippen molar-refractivity contribution in [1.29, 1.82) is 0 Å². The highest BCUT2D eigenvalue weighted by molar-refractivity contribution is 6.30. The molecule has 1 heterocycles. The van der Waals surface area contributed by atoms with Crippen molar-refractivity contribution in [3.05, 3.63) is 70.2 Å². The van der Waals surface area contributed by atoms with Gasteiger partial charge in [-0.1, -0.05) is 25.4 Å². The molecule has 0 aliphatic carbocycles. The van der Waals surface area contributed by atoms with Gasteiger partial charge in [0.1, 0.15) is 11.6 Å². The van der Waals surface area contributed by atoms with Gasteiger partial charge < -0.3 is 10.6 Å². The highest BCUT2D eigenvalue weighted by atomic mass is 35.5. The summed E-state index contributed by atoms with van der Waals surface area (Å²) in [4.78, 5) is 22.7. The lowest BCUT2D eigenvalue weighted by Crippen LogP contribution is -2.30. The fraction of sp³-hybridized carbons (Fsp3) is 0.333. The molecular weight excluding hydrogens is 443 g/mol. The van der Waals surface area contributed by atoms with Gasteiger partial charge in [0.2, 0.25) is 5.91 Å². The molecule has 10 heteroatoms. The number of hydrogen-bond donors (Lipinski definition) is 2. The van der Waals surface area contributed by atoms with E-state index < -0.39 is 29.0 Å². The minimum atomic E-state index is -4.72. The standard InChI is InChI=1S/C13H12F4N2O2.C6H4ClF.C2H6/c14-10-3-8(2-9(4-10)13(15,16)17)12(21)19-6-7-1-11(20)18-5-7;7-5-1-3-6(8)4-2-5;1-2/h2-4,7H,1,5-6H2,(H,18,20)(H,19,21);1-4H;1-2H3. The second-order valence-electron chi connectivity index (χ2n) is 6.25. The van der Waals surface area contributed by atoms with Crippen LogP contribution in [0, 0.1) is 17.6 Å². The minimum Gasteiger partial charge on any atom is -0.356 e. The average Bonchev–Trinajstić information content (AvgIpc) is 3.14. The van der Waals surface area contributed by atoms with Crippen LogP contribution in [0.3, 0.4) is 0 Å². The van der Waals surface area contributed by atoms with Crippen molar-refractivity contribution >= 4 is 23.4 Å². The van der Waals surface area contributed by atoms with Crippen LogP contribution in [0.1, 0.15) is 36.2 Å². The maximum atomic E-state index is 13.2. The lowest BCUT2D eigenvalue weighted by molar-refractivity contribution is -0.137. The Hall–Kier alpha value is -2.68. The lowest BCUT2D eigenvalue weighted by atomic mass is 10.1. The van der Waals surface area contributed by atoms with Crippen LogP contribution in [0.2, 0.25) is 5.02 Å². The fourth-order valence-corrected chi connectivity index (χ4v) is 2.59. The molecule has 2 amide bonds. The predicted octanol–water partition coefficient (Wildman–Crippen LogP) is 5.22. The SMILES string of the molecule is CC.Fc1ccc(Cl)cc1.O=C1CC(CNC(=O)c2cc(F)cc(C(F)(F)F)c2)CN1. The molecule has 1 aliphatic rings. The summed E-state index contributed by atoms with van der Waals surface area (Å²) in [7, 11) is 0. The lowest BCUT2D eigenvalue weighted by Gasteiger charge is -2.11. The normalized spacial score (nSPS) is 15.1. The van der Waals surface area contributed by atoms with Crippen molar-refractivity contribution in [2.24, 2.45) is 5.92 Å². The summed E-state index contributed by atoms with van der Waals surface area (Å²) in [6, 6.07) is 7.33. The van der Waals surface area contributed by atoms with Crippen LogP contribution >= 0.6 is 11.6 Å². The molecule has 3 rings (SSSR count). The smallest absolute Gasteiger partial charge is 0.356 e. The number of rotatable bonds is 3. The number of halogens is 6. The molecule has 0 saturated carbocycles. The molecule has 2 aromatic rings. The van der Waals surface area contributed by atoms with E-state index in [1.54, 1.807) is 0 Å². The molecule has 0 aromatic heterocycles. The Labute approximate surface area is 181 Å². The maximum Gasteiger partial charge on any atom is 0.416 e. The molecule has 170 valence electrons. The molecule has 31 heavy (non-hydrogen) atoms. The molecule has 2 N–H and O–H groups in total. The van der Waals surface area contributed by atoms with Crippen LogP contribution in [-0.4, -0.2) is 24.9 Å². The van der Waals surface area contributed by atoms with E-state index in [1.807, 2.05) is 13.8 Å². The average molecular weight is 465 g/mol. The van der Waals surface area contributed by atoms with Crippen LogP contribution in [-0.2, 0) is 11.0 Å². The molecule has 4 nitrogen and oxygen atoms in total. The van der Waals surface area contributed by atoms with E-state index in [-0.39, 0.29) is 30.6 Å². The monoisotopic (exact) mass is 464 g/mol. The summed E-state index contributed by atoms with van der Waals surface area (Å²) in [6.07, 6.45) is -4.48. The minimum absolute atomic E-state index is 0.114. The van der Waals surface area contributed by atoms with Crippen LogP contribution < -0.4 is 10.6 Å². The third kappa shape index (κ3) is 9.33. The van der Waals surface area contributed by atoms with Crippen LogP contribution in [0.4, 0.5) is 22.0 Å². The van der Waals surface area contributed by atoms with Crippen LogP contribution in [0.25, 0.3) is 0 Å². The Morgan fingerprint density at radius 1 is 1.10 bits per heavy atom. The van der Waals surface area contributed by atoms with Crippen molar-refractivity contribution in [2.75, 3.05) is 13.1 Å². The van der Waals surface area contributed by atoms with Crippen LogP contribution in [0.15, 0.2) is 42.5 Å². The predicted molar refractivity (Wildman–Crippen MR) is 108 cm³/mol. The first-order valence-electron chi connectivity index (χ1n) is 9.38. The quantitative estimate of drug-likeness (QED) is 0.612. The molecule has 1 saturated heterocycles. The van der Waals surface area contributed by atoms with E-state index in [9.17, 15) is 31.5 Å². The highest BCUT2D eigenvalue weighted by Gasteiger charge is 2.32. The van der Waals surface area contributed by atoms with Gasteiger partial charge in [0.15, 0.2) is 0 Å². The van der Waals surface area contributed by atoms with Crippen LogP contribution in [0.5, 0.6) is 0 Å². The van der Waals surface area contributed by atoms with E-state index in [0.717, 1.165) is 6.07 Å². The first-order valence-corrected chi connectivity index (χ1v) is 9.76. The Kier molecular flexibility index (Phi) is 10.4. The van der Waals surface area contributed by atoms with Crippen molar-refractivity contribution < 1.29 is 31.5 Å². The van der Waals surface area contributed by atoms with Gasteiger partial charge >= 0.3 is 6.18 Å². The summed E-state index contributed by atoms with van der Waals surface area (Å²) >= 11 is 5.44. The maximum absolute atomic E-state index is 13.2. The largest absolute Gasteiger partial charge is 0.416 e. The first-order chi connectivity index (χ1) is 14.5. The van der Waals surface area contributed by atoms with E-state index in [4.69, 9.17) is 11.6 Å². The second kappa shape index (κ2) is 12.2. The summed E-state index contributed by atoms with van der Waals surface area (Å²) in [5, 5.41) is 5.54. The molecule has 0 bridgehead atoms. The van der Waals surface area contributed by atoms with E-state index in [2.05, 4.69) is 10.6 Å². The third-order valence-electron chi connectivity index (χ3n) is 3.90. The van der Waals surface area contributed by atoms with E-state index >= 15 is 0 Å². The molecule has 1 atom stereocenters. The summed E-state index contributed by atoms with van der Waals surface area (Å²) in [6.45, 7) is 4.53. The van der Waals surface area contributed by atoms with Gasteiger partial charge in [-0.25, -0.2) is 8.78 Å². The van der Waals surface area contributed by atoms with E-state index in [0.29, 0.717) is 23.7 Å². The zero-order valence-corrected chi connectivity index (χ0v) is 17.6. The summed E-state index contributed by atoms with van der Waals surface area (Å²) < 4.78 is 62.8. The van der Waals surface area contributed by atoms with E-state index in [1.165, 1.54) is 24.3 Å². The van der Waals surface area contributed by atoms with Crippen molar-refractivity contribution in [2.45, 2.75) is 26.4 Å². The molecule has 1 aliphatic heterocycles. The summed E-state index contributed by atoms with van der Waals surface area (Å²) in [5.74, 6) is -2.45. The van der Waals surface area contributed by atoms with Crippen molar-refractivity contribution in [3.63, 3.8) is 0 Å². The molecule has 2 aromatic carbocycles. The number of benzene rings is 2. The molecule has 1 fully saturated rings. The number of hydrogen-bond acceptors (Lipinski definition) is 2.